The van der Waals surface area contributed by atoms with Crippen LogP contribution in [0, 0.1) is 0 Å². The molecule has 5 nitrogen and oxygen atoms in total. The van der Waals surface area contributed by atoms with Crippen molar-refractivity contribution in [3.05, 3.63) is 22.7 Å². The maximum absolute atomic E-state index is 12.2. The molecule has 1 aliphatic rings. The Labute approximate surface area is 127 Å². The van der Waals surface area contributed by atoms with E-state index in [9.17, 15) is 13.2 Å². The summed E-state index contributed by atoms with van der Waals surface area (Å²) < 4.78 is 25.1. The predicted octanol–water partition coefficient (Wildman–Crippen LogP) is 1.86. The van der Waals surface area contributed by atoms with Crippen LogP contribution in [-0.4, -0.2) is 26.1 Å². The van der Waals surface area contributed by atoms with Crippen molar-refractivity contribution in [2.24, 2.45) is 0 Å². The van der Waals surface area contributed by atoms with E-state index in [0.29, 0.717) is 4.47 Å². The number of sulfone groups is 1. The summed E-state index contributed by atoms with van der Waals surface area (Å²) in [4.78, 5) is 11.8. The van der Waals surface area contributed by atoms with Gasteiger partial charge in [-0.1, -0.05) is 28.8 Å². The number of hydrogen-bond donors (Lipinski definition) is 2. The highest BCUT2D eigenvalue weighted by molar-refractivity contribution is 9.10. The lowest BCUT2D eigenvalue weighted by Crippen LogP contribution is -2.37. The number of benzene rings is 1. The second kappa shape index (κ2) is 6.13. The first kappa shape index (κ1) is 15.3. The molecule has 1 aliphatic carbocycles. The van der Waals surface area contributed by atoms with Crippen LogP contribution in [0.1, 0.15) is 25.7 Å². The summed E-state index contributed by atoms with van der Waals surface area (Å²) in [5.41, 5.74) is 5.84. The molecule has 2 rings (SSSR count). The van der Waals surface area contributed by atoms with E-state index in [4.69, 9.17) is 5.73 Å². The average Bonchev–Trinajstić information content (AvgIpc) is 2.84. The van der Waals surface area contributed by atoms with Crippen LogP contribution in [0.4, 0.5) is 5.69 Å². The highest BCUT2D eigenvalue weighted by Gasteiger charge is 2.24. The van der Waals surface area contributed by atoms with Gasteiger partial charge < -0.3 is 11.1 Å². The van der Waals surface area contributed by atoms with Gasteiger partial charge in [-0.25, -0.2) is 8.42 Å². The van der Waals surface area contributed by atoms with Gasteiger partial charge >= 0.3 is 0 Å². The molecule has 1 aromatic carbocycles. The molecule has 0 saturated heterocycles. The number of nitrogens with one attached hydrogen (secondary N) is 1. The summed E-state index contributed by atoms with van der Waals surface area (Å²) in [6.07, 6.45) is 4.00. The lowest BCUT2D eigenvalue weighted by atomic mass is 10.2. The molecule has 1 fully saturated rings. The Hall–Kier alpha value is -1.08. The second-order valence-electron chi connectivity index (χ2n) is 4.99. The molecule has 7 heteroatoms. The van der Waals surface area contributed by atoms with Crippen molar-refractivity contribution in [3.8, 4) is 0 Å². The average molecular weight is 361 g/mol. The lowest BCUT2D eigenvalue weighted by Gasteiger charge is -2.13. The minimum atomic E-state index is -3.72. The third kappa shape index (κ3) is 3.73. The van der Waals surface area contributed by atoms with E-state index in [1.165, 1.54) is 12.1 Å². The molecule has 1 amide bonds. The van der Waals surface area contributed by atoms with Crippen molar-refractivity contribution in [2.75, 3.05) is 11.5 Å². The molecular formula is C13H17BrN2O3S. The lowest BCUT2D eigenvalue weighted by molar-refractivity contribution is -0.119. The van der Waals surface area contributed by atoms with Crippen molar-refractivity contribution in [2.45, 2.75) is 36.6 Å². The van der Waals surface area contributed by atoms with Gasteiger partial charge in [-0.2, -0.15) is 0 Å². The standard InChI is InChI=1S/C13H17BrN2O3S/c14-9-5-6-11(15)12(7-9)20(18,19)8-13(17)16-10-3-1-2-4-10/h5-7,10H,1-4,8,15H2,(H,16,17). The Kier molecular flexibility index (Phi) is 4.70. The molecule has 0 atom stereocenters. The van der Waals surface area contributed by atoms with E-state index >= 15 is 0 Å². The summed E-state index contributed by atoms with van der Waals surface area (Å²) in [5, 5.41) is 2.77. The van der Waals surface area contributed by atoms with Crippen LogP contribution in [0.5, 0.6) is 0 Å². The fourth-order valence-corrected chi connectivity index (χ4v) is 4.20. The van der Waals surface area contributed by atoms with Crippen LogP contribution in [-0.2, 0) is 14.6 Å². The van der Waals surface area contributed by atoms with Gasteiger partial charge in [0.1, 0.15) is 5.75 Å². The Bertz CT molecular complexity index is 610. The van der Waals surface area contributed by atoms with Crippen molar-refractivity contribution in [3.63, 3.8) is 0 Å². The normalized spacial score (nSPS) is 16.2. The van der Waals surface area contributed by atoms with E-state index in [1.807, 2.05) is 0 Å². The summed E-state index contributed by atoms with van der Waals surface area (Å²) in [6.45, 7) is 0. The first-order chi connectivity index (χ1) is 9.38. The number of hydrogen-bond acceptors (Lipinski definition) is 4. The topological polar surface area (TPSA) is 89.3 Å². The van der Waals surface area contributed by atoms with Crippen LogP contribution in [0.25, 0.3) is 0 Å². The van der Waals surface area contributed by atoms with E-state index < -0.39 is 21.5 Å². The summed E-state index contributed by atoms with van der Waals surface area (Å²) >= 11 is 3.21. The third-order valence-corrected chi connectivity index (χ3v) is 5.51. The molecule has 1 saturated carbocycles. The SMILES string of the molecule is Nc1ccc(Br)cc1S(=O)(=O)CC(=O)NC1CCCC1. The molecular weight excluding hydrogens is 344 g/mol. The number of anilines is 1. The summed E-state index contributed by atoms with van der Waals surface area (Å²) in [7, 11) is -3.72. The maximum atomic E-state index is 12.2. The monoisotopic (exact) mass is 360 g/mol. The fraction of sp³-hybridized carbons (Fsp3) is 0.462. The number of rotatable bonds is 4. The smallest absolute Gasteiger partial charge is 0.235 e. The van der Waals surface area contributed by atoms with Crippen molar-refractivity contribution in [1.29, 1.82) is 0 Å². The molecule has 0 spiro atoms. The Morgan fingerprint density at radius 1 is 1.35 bits per heavy atom. The first-order valence-corrected chi connectivity index (χ1v) is 8.90. The number of nitrogen functional groups attached to an aromatic ring is 1. The largest absolute Gasteiger partial charge is 0.398 e. The zero-order valence-corrected chi connectivity index (χ0v) is 13.3. The second-order valence-corrected chi connectivity index (χ2v) is 7.86. The quantitative estimate of drug-likeness (QED) is 0.802. The van der Waals surface area contributed by atoms with E-state index in [1.54, 1.807) is 6.07 Å². The molecule has 1 aromatic rings. The van der Waals surface area contributed by atoms with Gasteiger partial charge in [0, 0.05) is 10.5 Å². The Morgan fingerprint density at radius 3 is 2.65 bits per heavy atom. The van der Waals surface area contributed by atoms with Crippen molar-refractivity contribution in [1.82, 2.24) is 5.32 Å². The number of carbonyl (C=O) groups is 1. The van der Waals surface area contributed by atoms with Gasteiger partial charge in [0.05, 0.1) is 10.6 Å². The van der Waals surface area contributed by atoms with Gasteiger partial charge in [0.2, 0.25) is 5.91 Å². The van der Waals surface area contributed by atoms with Gasteiger partial charge in [-0.05, 0) is 31.0 Å². The Morgan fingerprint density at radius 2 is 2.00 bits per heavy atom. The first-order valence-electron chi connectivity index (χ1n) is 6.45. The van der Waals surface area contributed by atoms with Crippen LogP contribution >= 0.6 is 15.9 Å². The van der Waals surface area contributed by atoms with Gasteiger partial charge in [-0.3, -0.25) is 4.79 Å². The zero-order chi connectivity index (χ0) is 14.8. The number of carbonyl (C=O) groups excluding carboxylic acids is 1. The molecule has 0 unspecified atom stereocenters. The van der Waals surface area contributed by atoms with Gasteiger partial charge in [-0.15, -0.1) is 0 Å². The zero-order valence-electron chi connectivity index (χ0n) is 10.9. The molecule has 0 aromatic heterocycles. The molecule has 0 heterocycles. The van der Waals surface area contributed by atoms with Crippen LogP contribution < -0.4 is 11.1 Å². The third-order valence-electron chi connectivity index (χ3n) is 3.35. The fourth-order valence-electron chi connectivity index (χ4n) is 2.37. The van der Waals surface area contributed by atoms with Crippen molar-refractivity contribution < 1.29 is 13.2 Å². The molecule has 3 N–H and O–H groups in total. The molecule has 20 heavy (non-hydrogen) atoms. The maximum Gasteiger partial charge on any atom is 0.235 e. The van der Waals surface area contributed by atoms with E-state index in [0.717, 1.165) is 25.7 Å². The molecule has 0 bridgehead atoms. The minimum absolute atomic E-state index is 0.00607. The van der Waals surface area contributed by atoms with Gasteiger partial charge in [0.25, 0.3) is 0 Å². The van der Waals surface area contributed by atoms with Crippen LogP contribution in [0.15, 0.2) is 27.6 Å². The molecule has 0 radical (unpaired) electrons. The van der Waals surface area contributed by atoms with Crippen LogP contribution in [0.2, 0.25) is 0 Å². The minimum Gasteiger partial charge on any atom is -0.398 e. The predicted molar refractivity (Wildman–Crippen MR) is 81.0 cm³/mol. The molecule has 0 aliphatic heterocycles. The highest BCUT2D eigenvalue weighted by atomic mass is 79.9. The van der Waals surface area contributed by atoms with Crippen molar-refractivity contribution >= 4 is 37.4 Å². The Balaban J connectivity index is 2.10. The number of halogens is 1. The van der Waals surface area contributed by atoms with E-state index in [-0.39, 0.29) is 16.6 Å². The summed E-state index contributed by atoms with van der Waals surface area (Å²) in [6, 6.07) is 4.70. The van der Waals surface area contributed by atoms with E-state index in [2.05, 4.69) is 21.2 Å². The number of amides is 1. The molecule has 110 valence electrons. The number of nitrogens with two attached hydrogens (primary N) is 1. The summed E-state index contributed by atoms with van der Waals surface area (Å²) in [5.74, 6) is -1.03. The highest BCUT2D eigenvalue weighted by Crippen LogP contribution is 2.24. The van der Waals surface area contributed by atoms with Crippen LogP contribution in [0.3, 0.4) is 0 Å². The van der Waals surface area contributed by atoms with Gasteiger partial charge in [0.15, 0.2) is 9.84 Å².